The van der Waals surface area contributed by atoms with Gasteiger partial charge in [0.2, 0.25) is 5.91 Å². The molecule has 2 aromatic heterocycles. The second kappa shape index (κ2) is 8.97. The van der Waals surface area contributed by atoms with Gasteiger partial charge < -0.3 is 9.84 Å². The maximum atomic E-state index is 12.8. The van der Waals surface area contributed by atoms with Crippen molar-refractivity contribution in [2.45, 2.75) is 33.2 Å². The summed E-state index contributed by atoms with van der Waals surface area (Å²) in [6.45, 7) is 3.67. The lowest BCUT2D eigenvalue weighted by Gasteiger charge is -2.07. The fourth-order valence-corrected chi connectivity index (χ4v) is 3.36. The van der Waals surface area contributed by atoms with Crippen LogP contribution in [0.2, 0.25) is 0 Å². The van der Waals surface area contributed by atoms with E-state index in [1.165, 1.54) is 23.4 Å². The van der Waals surface area contributed by atoms with E-state index in [4.69, 9.17) is 4.52 Å². The van der Waals surface area contributed by atoms with Crippen LogP contribution in [-0.2, 0) is 17.8 Å². The first-order chi connectivity index (χ1) is 15.5. The van der Waals surface area contributed by atoms with Gasteiger partial charge in [0.05, 0.1) is 6.33 Å². The van der Waals surface area contributed by atoms with Crippen molar-refractivity contribution in [1.29, 1.82) is 0 Å². The second-order valence-corrected chi connectivity index (χ2v) is 7.44. The molecule has 0 saturated carbocycles. The highest BCUT2D eigenvalue weighted by molar-refractivity contribution is 5.97. The predicted molar refractivity (Wildman–Crippen MR) is 121 cm³/mol. The van der Waals surface area contributed by atoms with Gasteiger partial charge in [-0.1, -0.05) is 48.5 Å². The first-order valence-electron chi connectivity index (χ1n) is 10.3. The minimum atomic E-state index is -0.398. The van der Waals surface area contributed by atoms with Crippen molar-refractivity contribution in [2.75, 3.05) is 5.32 Å². The summed E-state index contributed by atoms with van der Waals surface area (Å²) < 4.78 is 6.61. The Hall–Kier alpha value is -4.07. The van der Waals surface area contributed by atoms with Crippen molar-refractivity contribution in [3.05, 3.63) is 76.3 Å². The standard InChI is InChI=1S/C24H22N4O4/c1-3-16-7-9-17(10-8-16)21-22-23(32-27-21)24(31)28(14-25-22)12-11-20(30)26-19-6-4-5-18(13-19)15(2)29/h4-10,13-14H,3,11-12H2,1-2H3,(H,26,30). The van der Waals surface area contributed by atoms with E-state index in [1.807, 2.05) is 24.3 Å². The van der Waals surface area contributed by atoms with E-state index in [0.717, 1.165) is 12.0 Å². The Balaban J connectivity index is 1.48. The monoisotopic (exact) mass is 430 g/mol. The molecule has 32 heavy (non-hydrogen) atoms. The second-order valence-electron chi connectivity index (χ2n) is 7.44. The number of fused-ring (bicyclic) bond motifs is 1. The van der Waals surface area contributed by atoms with Crippen molar-refractivity contribution in [3.8, 4) is 11.3 Å². The van der Waals surface area contributed by atoms with Crippen molar-refractivity contribution < 1.29 is 14.1 Å². The number of nitrogens with one attached hydrogen (secondary N) is 1. The SMILES string of the molecule is CCc1ccc(-c2noc3c(=O)n(CCC(=O)Nc4cccc(C(C)=O)c4)cnc23)cc1. The number of amides is 1. The predicted octanol–water partition coefficient (Wildman–Crippen LogP) is 3.85. The van der Waals surface area contributed by atoms with Gasteiger partial charge in [0.15, 0.2) is 5.78 Å². The third-order valence-corrected chi connectivity index (χ3v) is 5.22. The van der Waals surface area contributed by atoms with Gasteiger partial charge in [-0.15, -0.1) is 0 Å². The van der Waals surface area contributed by atoms with Crippen LogP contribution in [0.15, 0.2) is 64.2 Å². The molecule has 162 valence electrons. The largest absolute Gasteiger partial charge is 0.348 e. The van der Waals surface area contributed by atoms with Crippen LogP contribution >= 0.6 is 0 Å². The maximum Gasteiger partial charge on any atom is 0.299 e. The molecule has 2 heterocycles. The third-order valence-electron chi connectivity index (χ3n) is 5.22. The minimum Gasteiger partial charge on any atom is -0.348 e. The van der Waals surface area contributed by atoms with Gasteiger partial charge >= 0.3 is 0 Å². The Labute approximate surface area is 183 Å². The van der Waals surface area contributed by atoms with Crippen LogP contribution in [0.25, 0.3) is 22.4 Å². The quantitative estimate of drug-likeness (QED) is 0.446. The zero-order valence-corrected chi connectivity index (χ0v) is 17.8. The number of hydrogen-bond donors (Lipinski definition) is 1. The Morgan fingerprint density at radius 1 is 1.12 bits per heavy atom. The highest BCUT2D eigenvalue weighted by Gasteiger charge is 2.17. The summed E-state index contributed by atoms with van der Waals surface area (Å²) in [5.41, 5.74) is 3.61. The molecule has 0 atom stereocenters. The van der Waals surface area contributed by atoms with E-state index < -0.39 is 5.56 Å². The smallest absolute Gasteiger partial charge is 0.299 e. The number of rotatable bonds is 7. The van der Waals surface area contributed by atoms with Gasteiger partial charge in [0.1, 0.15) is 11.2 Å². The summed E-state index contributed by atoms with van der Waals surface area (Å²) in [7, 11) is 0. The van der Waals surface area contributed by atoms with Gasteiger partial charge in [0.25, 0.3) is 11.1 Å². The van der Waals surface area contributed by atoms with Crippen molar-refractivity contribution in [3.63, 3.8) is 0 Å². The Kier molecular flexibility index (Phi) is 5.93. The van der Waals surface area contributed by atoms with E-state index in [1.54, 1.807) is 24.3 Å². The molecule has 0 fully saturated rings. The molecule has 0 radical (unpaired) electrons. The Morgan fingerprint density at radius 2 is 1.91 bits per heavy atom. The van der Waals surface area contributed by atoms with Crippen LogP contribution in [0, 0.1) is 0 Å². The number of carbonyl (C=O) groups excluding carboxylic acids is 2. The Bertz CT molecular complexity index is 1350. The fourth-order valence-electron chi connectivity index (χ4n) is 3.36. The van der Waals surface area contributed by atoms with E-state index in [9.17, 15) is 14.4 Å². The van der Waals surface area contributed by atoms with E-state index in [-0.39, 0.29) is 30.2 Å². The highest BCUT2D eigenvalue weighted by Crippen LogP contribution is 2.25. The van der Waals surface area contributed by atoms with Gasteiger partial charge in [-0.05, 0) is 31.0 Å². The van der Waals surface area contributed by atoms with Crippen molar-refractivity contribution >= 4 is 28.5 Å². The molecule has 2 aromatic carbocycles. The summed E-state index contributed by atoms with van der Waals surface area (Å²) in [4.78, 5) is 40.9. The van der Waals surface area contributed by atoms with Crippen molar-refractivity contribution in [1.82, 2.24) is 14.7 Å². The van der Waals surface area contributed by atoms with E-state index >= 15 is 0 Å². The maximum absolute atomic E-state index is 12.8. The zero-order chi connectivity index (χ0) is 22.7. The lowest BCUT2D eigenvalue weighted by molar-refractivity contribution is -0.116. The number of Topliss-reactive ketones (excluding diaryl/α,β-unsaturated/α-hetero) is 1. The Morgan fingerprint density at radius 3 is 2.62 bits per heavy atom. The summed E-state index contributed by atoms with van der Waals surface area (Å²) in [5, 5.41) is 6.78. The van der Waals surface area contributed by atoms with Crippen LogP contribution in [-0.4, -0.2) is 26.4 Å². The lowest BCUT2D eigenvalue weighted by atomic mass is 10.1. The van der Waals surface area contributed by atoms with Crippen LogP contribution in [0.4, 0.5) is 5.69 Å². The number of anilines is 1. The van der Waals surface area contributed by atoms with Crippen LogP contribution in [0.1, 0.15) is 36.2 Å². The van der Waals surface area contributed by atoms with E-state index in [0.29, 0.717) is 22.5 Å². The number of nitrogens with zero attached hydrogens (tertiary/aromatic N) is 3. The normalized spacial score (nSPS) is 10.9. The summed E-state index contributed by atoms with van der Waals surface area (Å²) in [6.07, 6.45) is 2.38. The molecule has 0 aliphatic carbocycles. The molecule has 1 N–H and O–H groups in total. The molecule has 1 amide bonds. The zero-order valence-electron chi connectivity index (χ0n) is 17.8. The lowest BCUT2D eigenvalue weighted by Crippen LogP contribution is -2.23. The molecule has 8 heteroatoms. The first kappa shape index (κ1) is 21.2. The first-order valence-corrected chi connectivity index (χ1v) is 10.3. The van der Waals surface area contributed by atoms with Gasteiger partial charge in [-0.2, -0.15) is 0 Å². The molecule has 8 nitrogen and oxygen atoms in total. The molecule has 0 spiro atoms. The molecule has 0 aliphatic heterocycles. The average molecular weight is 430 g/mol. The number of hydrogen-bond acceptors (Lipinski definition) is 6. The number of benzene rings is 2. The van der Waals surface area contributed by atoms with Crippen LogP contribution < -0.4 is 10.9 Å². The van der Waals surface area contributed by atoms with Gasteiger partial charge in [-0.3, -0.25) is 19.0 Å². The van der Waals surface area contributed by atoms with Crippen LogP contribution in [0.5, 0.6) is 0 Å². The van der Waals surface area contributed by atoms with Crippen LogP contribution in [0.3, 0.4) is 0 Å². The molecular formula is C24H22N4O4. The van der Waals surface area contributed by atoms with Crippen molar-refractivity contribution in [2.24, 2.45) is 0 Å². The minimum absolute atomic E-state index is 0.0524. The third kappa shape index (κ3) is 4.34. The summed E-state index contributed by atoms with van der Waals surface area (Å²) in [5.74, 6) is -0.369. The topological polar surface area (TPSA) is 107 Å². The average Bonchev–Trinajstić information content (AvgIpc) is 3.24. The molecule has 0 bridgehead atoms. The fraction of sp³-hybridized carbons (Fsp3) is 0.208. The number of carbonyl (C=O) groups is 2. The number of aryl methyl sites for hydroxylation is 2. The molecule has 0 unspecified atom stereocenters. The molecule has 4 aromatic rings. The molecule has 0 saturated heterocycles. The summed E-state index contributed by atoms with van der Waals surface area (Å²) in [6, 6.07) is 14.6. The van der Waals surface area contributed by atoms with E-state index in [2.05, 4.69) is 22.4 Å². The number of aromatic nitrogens is 3. The summed E-state index contributed by atoms with van der Waals surface area (Å²) >= 11 is 0. The molecular weight excluding hydrogens is 408 g/mol. The van der Waals surface area contributed by atoms with Gasteiger partial charge in [0, 0.05) is 29.8 Å². The molecule has 4 rings (SSSR count). The molecule has 0 aliphatic rings. The van der Waals surface area contributed by atoms with Gasteiger partial charge in [-0.25, -0.2) is 4.98 Å². The number of ketones is 1. The highest BCUT2D eigenvalue weighted by atomic mass is 16.5.